The molecule has 1 aliphatic heterocycles. The Kier molecular flexibility index (Phi) is 1.11. The fourth-order valence-electron chi connectivity index (χ4n) is 0.444. The zero-order valence-corrected chi connectivity index (χ0v) is 3.82. The zero-order chi connectivity index (χ0) is 5.11. The van der Waals surface area contributed by atoms with Crippen molar-refractivity contribution in [2.75, 3.05) is 6.54 Å². The summed E-state index contributed by atoms with van der Waals surface area (Å²) in [4.78, 5) is 0. The first kappa shape index (κ1) is 4.37. The van der Waals surface area contributed by atoms with Crippen LogP contribution in [0.25, 0.3) is 0 Å². The molecule has 1 aliphatic rings. The van der Waals surface area contributed by atoms with Gasteiger partial charge in [-0.05, 0) is 6.08 Å². The first-order chi connectivity index (χ1) is 3.39. The van der Waals surface area contributed by atoms with Gasteiger partial charge >= 0.3 is 0 Å². The fraction of sp³-hybridized carbons (Fsp3) is 0.200. The van der Waals surface area contributed by atoms with Gasteiger partial charge in [0.1, 0.15) is 5.83 Å². The van der Waals surface area contributed by atoms with E-state index in [2.05, 4.69) is 5.32 Å². The molecule has 0 bridgehead atoms. The molecule has 38 valence electrons. The molecule has 7 heavy (non-hydrogen) atoms. The summed E-state index contributed by atoms with van der Waals surface area (Å²) in [5.74, 6) is -0.203. The van der Waals surface area contributed by atoms with Crippen LogP contribution in [0, 0.1) is 0 Å². The van der Waals surface area contributed by atoms with Crippen molar-refractivity contribution in [3.8, 4) is 0 Å². The van der Waals surface area contributed by atoms with Gasteiger partial charge in [-0.2, -0.15) is 0 Å². The Labute approximate surface area is 41.5 Å². The number of allylic oxidation sites excluding steroid dienone is 2. The maximum Gasteiger partial charge on any atom is 0.138 e. The van der Waals surface area contributed by atoms with E-state index in [1.807, 2.05) is 0 Å². The monoisotopic (exact) mass is 99.0 g/mol. The first-order valence-electron chi connectivity index (χ1n) is 2.15. The highest BCUT2D eigenvalue weighted by Crippen LogP contribution is 1.98. The van der Waals surface area contributed by atoms with Gasteiger partial charge in [0.05, 0.1) is 0 Å². The summed E-state index contributed by atoms with van der Waals surface area (Å²) in [5.41, 5.74) is 0. The van der Waals surface area contributed by atoms with Crippen molar-refractivity contribution < 1.29 is 4.39 Å². The SMILES string of the molecule is FC1=CNCC=C1. The molecule has 1 rings (SSSR count). The molecule has 1 nitrogen and oxygen atoms in total. The minimum atomic E-state index is -0.203. The standard InChI is InChI=1S/C5H6FN/c6-5-2-1-3-7-4-5/h1-2,4,7H,3H2. The van der Waals surface area contributed by atoms with Crippen molar-refractivity contribution in [1.82, 2.24) is 5.32 Å². The fourth-order valence-corrected chi connectivity index (χ4v) is 0.444. The Hall–Kier alpha value is -0.790. The highest BCUT2D eigenvalue weighted by Gasteiger charge is 1.88. The van der Waals surface area contributed by atoms with E-state index in [1.165, 1.54) is 12.3 Å². The lowest BCUT2D eigenvalue weighted by molar-refractivity contribution is 0.647. The third-order valence-electron chi connectivity index (χ3n) is 0.753. The van der Waals surface area contributed by atoms with Crippen molar-refractivity contribution in [1.29, 1.82) is 0 Å². The lowest BCUT2D eigenvalue weighted by Crippen LogP contribution is -2.07. The van der Waals surface area contributed by atoms with Crippen LogP contribution >= 0.6 is 0 Å². The quantitative estimate of drug-likeness (QED) is 0.477. The van der Waals surface area contributed by atoms with Crippen molar-refractivity contribution in [3.05, 3.63) is 24.2 Å². The molecular formula is C5H6FN. The van der Waals surface area contributed by atoms with Crippen LogP contribution in [-0.4, -0.2) is 6.54 Å². The van der Waals surface area contributed by atoms with Gasteiger partial charge < -0.3 is 5.32 Å². The van der Waals surface area contributed by atoms with Gasteiger partial charge in [-0.3, -0.25) is 0 Å². The maximum absolute atomic E-state index is 11.9. The van der Waals surface area contributed by atoms with Crippen molar-refractivity contribution in [2.24, 2.45) is 0 Å². The van der Waals surface area contributed by atoms with Crippen LogP contribution in [0.5, 0.6) is 0 Å². The Morgan fingerprint density at radius 1 is 1.71 bits per heavy atom. The van der Waals surface area contributed by atoms with Crippen LogP contribution in [0.2, 0.25) is 0 Å². The van der Waals surface area contributed by atoms with Crippen molar-refractivity contribution in [3.63, 3.8) is 0 Å². The number of hydrogen-bond acceptors (Lipinski definition) is 1. The van der Waals surface area contributed by atoms with Crippen molar-refractivity contribution in [2.45, 2.75) is 0 Å². The van der Waals surface area contributed by atoms with E-state index in [9.17, 15) is 4.39 Å². The van der Waals surface area contributed by atoms with Gasteiger partial charge in [-0.25, -0.2) is 4.39 Å². The second kappa shape index (κ2) is 1.78. The zero-order valence-electron chi connectivity index (χ0n) is 3.82. The molecule has 0 saturated carbocycles. The molecule has 0 unspecified atom stereocenters. The Morgan fingerprint density at radius 2 is 2.57 bits per heavy atom. The molecular weight excluding hydrogens is 93.1 g/mol. The lowest BCUT2D eigenvalue weighted by atomic mass is 10.4. The number of hydrogen-bond donors (Lipinski definition) is 1. The summed E-state index contributed by atoms with van der Waals surface area (Å²) in [6.07, 6.45) is 4.52. The second-order valence-corrected chi connectivity index (χ2v) is 1.34. The molecule has 0 saturated heterocycles. The molecule has 0 aromatic heterocycles. The lowest BCUT2D eigenvalue weighted by Gasteiger charge is -1.98. The predicted octanol–water partition coefficient (Wildman–Crippen LogP) is 0.957. The van der Waals surface area contributed by atoms with E-state index in [1.54, 1.807) is 6.08 Å². The van der Waals surface area contributed by atoms with Crippen molar-refractivity contribution >= 4 is 0 Å². The van der Waals surface area contributed by atoms with Crippen LogP contribution in [0.15, 0.2) is 24.2 Å². The first-order valence-corrected chi connectivity index (χ1v) is 2.15. The molecule has 1 heterocycles. The van der Waals surface area contributed by atoms with Gasteiger partial charge in [-0.15, -0.1) is 0 Å². The summed E-state index contributed by atoms with van der Waals surface area (Å²) < 4.78 is 11.9. The smallest absolute Gasteiger partial charge is 0.138 e. The Bertz CT molecular complexity index is 115. The molecule has 0 aromatic carbocycles. The number of dihydropyridines is 1. The Balaban J connectivity index is 2.58. The predicted molar refractivity (Wildman–Crippen MR) is 26.3 cm³/mol. The van der Waals surface area contributed by atoms with E-state index < -0.39 is 0 Å². The van der Waals surface area contributed by atoms with Gasteiger partial charge in [0.2, 0.25) is 0 Å². The minimum absolute atomic E-state index is 0.203. The summed E-state index contributed by atoms with van der Waals surface area (Å²) >= 11 is 0. The van der Waals surface area contributed by atoms with Crippen LogP contribution in [0.3, 0.4) is 0 Å². The largest absolute Gasteiger partial charge is 0.385 e. The van der Waals surface area contributed by atoms with Crippen LogP contribution < -0.4 is 5.32 Å². The maximum atomic E-state index is 11.9. The minimum Gasteiger partial charge on any atom is -0.385 e. The van der Waals surface area contributed by atoms with Crippen LogP contribution in [0.1, 0.15) is 0 Å². The van der Waals surface area contributed by atoms with E-state index in [4.69, 9.17) is 0 Å². The normalized spacial score (nSPS) is 18.1. The topological polar surface area (TPSA) is 12.0 Å². The molecule has 1 N–H and O–H groups in total. The molecule has 0 amide bonds. The molecule has 0 spiro atoms. The van der Waals surface area contributed by atoms with Crippen LogP contribution in [-0.2, 0) is 0 Å². The number of nitrogens with one attached hydrogen (secondary N) is 1. The van der Waals surface area contributed by atoms with Gasteiger partial charge in [-0.1, -0.05) is 6.08 Å². The van der Waals surface area contributed by atoms with E-state index >= 15 is 0 Å². The molecule has 0 fully saturated rings. The molecule has 0 radical (unpaired) electrons. The molecule has 2 heteroatoms. The third-order valence-corrected chi connectivity index (χ3v) is 0.753. The van der Waals surface area contributed by atoms with Gasteiger partial charge in [0.25, 0.3) is 0 Å². The second-order valence-electron chi connectivity index (χ2n) is 1.34. The molecule has 0 aromatic rings. The number of halogens is 1. The summed E-state index contributed by atoms with van der Waals surface area (Å²) in [7, 11) is 0. The van der Waals surface area contributed by atoms with E-state index in [0.29, 0.717) is 0 Å². The van der Waals surface area contributed by atoms with E-state index in [-0.39, 0.29) is 5.83 Å². The third kappa shape index (κ3) is 1.03. The highest BCUT2D eigenvalue weighted by atomic mass is 19.1. The van der Waals surface area contributed by atoms with Crippen LogP contribution in [0.4, 0.5) is 4.39 Å². The van der Waals surface area contributed by atoms with Gasteiger partial charge in [0, 0.05) is 12.7 Å². The summed E-state index contributed by atoms with van der Waals surface area (Å²) in [6, 6.07) is 0. The summed E-state index contributed by atoms with van der Waals surface area (Å²) in [6.45, 7) is 0.743. The van der Waals surface area contributed by atoms with Gasteiger partial charge in [0.15, 0.2) is 0 Å². The highest BCUT2D eigenvalue weighted by molar-refractivity contribution is 5.14. The molecule has 0 aliphatic carbocycles. The average molecular weight is 99.1 g/mol. The Morgan fingerprint density at radius 3 is 2.86 bits per heavy atom. The van der Waals surface area contributed by atoms with E-state index in [0.717, 1.165) is 6.54 Å². The molecule has 0 atom stereocenters. The number of rotatable bonds is 0. The summed E-state index contributed by atoms with van der Waals surface area (Å²) in [5, 5.41) is 2.71. The average Bonchev–Trinajstić information content (AvgIpc) is 1.69.